The van der Waals surface area contributed by atoms with Crippen molar-refractivity contribution in [2.24, 2.45) is 47.1 Å². The minimum absolute atomic E-state index is 0.0149. The van der Waals surface area contributed by atoms with Crippen LogP contribution < -0.4 is 32.9 Å². The highest BCUT2D eigenvalue weighted by Crippen LogP contribution is 2.31. The molecule has 544 valence electrons. The summed E-state index contributed by atoms with van der Waals surface area (Å²) in [6.07, 6.45) is 0.0933. The number of methoxy groups -OCH3 is 2. The predicted molar refractivity (Wildman–Crippen MR) is 363 cm³/mol. The highest BCUT2D eigenvalue weighted by molar-refractivity contribution is 5.93. The van der Waals surface area contributed by atoms with Crippen LogP contribution >= 0.6 is 0 Å². The van der Waals surface area contributed by atoms with Gasteiger partial charge in [0.05, 0.1) is 127 Å². The van der Waals surface area contributed by atoms with Gasteiger partial charge in [-0.1, -0.05) is 123 Å². The van der Waals surface area contributed by atoms with E-state index in [1.165, 1.54) is 14.2 Å². The van der Waals surface area contributed by atoms with Crippen molar-refractivity contribution >= 4 is 47.1 Å². The summed E-state index contributed by atoms with van der Waals surface area (Å²) in [5.41, 5.74) is 7.44. The van der Waals surface area contributed by atoms with E-state index in [2.05, 4.69) is 26.1 Å². The van der Waals surface area contributed by atoms with Gasteiger partial charge >= 0.3 is 6.03 Å². The van der Waals surface area contributed by atoms with Crippen molar-refractivity contribution in [1.82, 2.24) is 36.0 Å². The molecule has 96 heavy (non-hydrogen) atoms. The number of carbonyl (C=O) groups is 8. The first-order valence-electron chi connectivity index (χ1n) is 34.0. The zero-order chi connectivity index (χ0) is 71.4. The van der Waals surface area contributed by atoms with Gasteiger partial charge in [0.25, 0.3) is 0 Å². The molecule has 2 unspecified atom stereocenters. The van der Waals surface area contributed by atoms with Crippen LogP contribution in [0, 0.1) is 35.5 Å². The second kappa shape index (κ2) is 45.5. The largest absolute Gasteiger partial charge is 0.386 e. The summed E-state index contributed by atoms with van der Waals surface area (Å²) < 4.78 is 40.0. The molecule has 0 aromatic heterocycles. The molecule has 1 fully saturated rings. The average molecular weight is 1360 g/mol. The summed E-state index contributed by atoms with van der Waals surface area (Å²) >= 11 is 0. The molecule has 3 rings (SSSR count). The van der Waals surface area contributed by atoms with Crippen molar-refractivity contribution in [1.29, 1.82) is 0 Å². The lowest BCUT2D eigenvalue weighted by molar-refractivity contribution is -0.148. The van der Waals surface area contributed by atoms with Crippen LogP contribution in [0.3, 0.4) is 0 Å². The molecule has 12 atom stereocenters. The number of rotatable bonds is 50. The van der Waals surface area contributed by atoms with E-state index in [1.807, 2.05) is 85.7 Å². The molecular formula is C70H117N9O17. The molecule has 9 N–H and O–H groups in total. The van der Waals surface area contributed by atoms with Gasteiger partial charge in [-0.05, 0) is 80.0 Å². The number of amides is 7. The highest BCUT2D eigenvalue weighted by atomic mass is 16.6. The third-order valence-corrected chi connectivity index (χ3v) is 17.8. The summed E-state index contributed by atoms with van der Waals surface area (Å²) in [4.78, 5) is 119. The second-order valence-corrected chi connectivity index (χ2v) is 26.2. The molecule has 0 saturated carbocycles. The first kappa shape index (κ1) is 84.2. The van der Waals surface area contributed by atoms with Crippen LogP contribution in [-0.2, 0) is 84.6 Å². The maximum absolute atomic E-state index is 14.8. The number of hydrogen-bond donors (Lipinski definition) is 7. The lowest BCUT2D eigenvalue weighted by Crippen LogP contribution is -2.60. The van der Waals surface area contributed by atoms with Crippen LogP contribution in [0.25, 0.3) is 0 Å². The Bertz CT molecular complexity index is 2620. The first-order chi connectivity index (χ1) is 45.7. The lowest BCUT2D eigenvalue weighted by atomic mass is 9.89. The Morgan fingerprint density at radius 3 is 1.85 bits per heavy atom. The molecule has 2 aromatic rings. The van der Waals surface area contributed by atoms with E-state index in [0.717, 1.165) is 5.56 Å². The molecule has 0 bridgehead atoms. The third kappa shape index (κ3) is 28.8. The standard InChI is InChI=1S/C70H117N9O17/c1-15-48(8)63(59(89-13)41-60(82)79-30-20-24-57(79)65(90-14)49(9)66(84)74-50(10)64(83)53-21-17-16-18-22-53)78(12)69(87)61(46(4)5)76-68(86)62(47(6)7)77(11)44-95-42-52-27-25-51(26-28-52)39-58(81)56(23-19-29-73-70(71)88)75-67(85)55(45(2)3)40-54(80)43-94-36-35-92-32-31-91-33-34-93-37-38-96-72/h16-18,21-22,25-28,45-50,55-57,59,61-65,83H,15,19-20,23-24,29-44,72H2,1-14H3,(H,74,84)(H,75,85)(H,76,86)(H3,71,73,88)/t48-,49+,50+,55?,56?,57-,59+,61-,62-,63-,64+,65+/m0/s1. The van der Waals surface area contributed by atoms with Gasteiger partial charge in [0, 0.05) is 53.1 Å². The SMILES string of the molecule is CC[C@H](C)[C@@H]([C@@H](CC(=O)N1CCC[C@H]1[C@H](OC)[C@@H](C)C(=O)N[C@H](C)[C@@H](O)c1ccccc1)OC)N(C)C(=O)[C@@H](NC(=O)[C@H](C(C)C)N(C)COCc1ccc(CC(=O)C(CCCNC(N)=O)NC(=O)C(CC(=O)COCCOCCOCCOCCON)C(C)C)cc1)C(C)C. The maximum Gasteiger partial charge on any atom is 0.312 e. The molecule has 2 aromatic carbocycles. The molecule has 1 aliphatic rings. The van der Waals surface area contributed by atoms with Gasteiger partial charge in [-0.25, -0.2) is 10.7 Å². The topological polar surface area (TPSA) is 341 Å². The minimum Gasteiger partial charge on any atom is -0.386 e. The van der Waals surface area contributed by atoms with E-state index >= 15 is 0 Å². The zero-order valence-corrected chi connectivity index (χ0v) is 59.7. The number of aliphatic hydroxyl groups is 1. The average Bonchev–Trinajstić information content (AvgIpc) is 1.45. The maximum atomic E-state index is 14.8. The Balaban J connectivity index is 1.62. The number of nitrogens with zero attached hydrogens (tertiary/aromatic N) is 3. The number of ketones is 2. The summed E-state index contributed by atoms with van der Waals surface area (Å²) in [5, 5.41) is 22.4. The third-order valence-electron chi connectivity index (χ3n) is 17.8. The Labute approximate surface area is 570 Å². The number of aliphatic hydroxyl groups excluding tert-OH is 1. The van der Waals surface area contributed by atoms with Crippen LogP contribution in [0.4, 0.5) is 4.79 Å². The van der Waals surface area contributed by atoms with E-state index in [4.69, 9.17) is 44.8 Å². The Kier molecular flexibility index (Phi) is 39.9. The van der Waals surface area contributed by atoms with Crippen LogP contribution in [0.15, 0.2) is 54.6 Å². The fourth-order valence-corrected chi connectivity index (χ4v) is 12.1. The van der Waals surface area contributed by atoms with Crippen LogP contribution in [0.1, 0.15) is 137 Å². The number of carbonyl (C=O) groups excluding carboxylic acids is 8. The molecule has 0 aliphatic carbocycles. The van der Waals surface area contributed by atoms with E-state index in [9.17, 15) is 43.5 Å². The number of urea groups is 1. The van der Waals surface area contributed by atoms with E-state index in [1.54, 1.807) is 66.9 Å². The lowest BCUT2D eigenvalue weighted by Gasteiger charge is -2.41. The quantitative estimate of drug-likeness (QED) is 0.0269. The Morgan fingerprint density at radius 2 is 1.30 bits per heavy atom. The number of likely N-dealkylation sites (tertiary alicyclic amines) is 1. The van der Waals surface area contributed by atoms with Gasteiger partial charge in [-0.2, -0.15) is 0 Å². The van der Waals surface area contributed by atoms with Crippen molar-refractivity contribution in [3.8, 4) is 0 Å². The molecule has 0 radical (unpaired) electrons. The fourth-order valence-electron chi connectivity index (χ4n) is 12.1. The van der Waals surface area contributed by atoms with E-state index < -0.39 is 78.3 Å². The van der Waals surface area contributed by atoms with Crippen molar-refractivity contribution in [2.45, 2.75) is 182 Å². The highest BCUT2D eigenvalue weighted by Gasteiger charge is 2.44. The number of nitrogens with one attached hydrogen (secondary N) is 4. The van der Waals surface area contributed by atoms with Crippen molar-refractivity contribution < 1.29 is 81.5 Å². The minimum atomic E-state index is -0.933. The van der Waals surface area contributed by atoms with E-state index in [-0.39, 0.29) is 124 Å². The van der Waals surface area contributed by atoms with Crippen molar-refractivity contribution in [2.75, 3.05) is 108 Å². The van der Waals surface area contributed by atoms with Crippen LogP contribution in [-0.4, -0.2) is 223 Å². The zero-order valence-electron chi connectivity index (χ0n) is 59.7. The summed E-state index contributed by atoms with van der Waals surface area (Å²) in [6, 6.07) is 11.6. The molecule has 1 saturated heterocycles. The van der Waals surface area contributed by atoms with Gasteiger partial charge in [0.1, 0.15) is 12.6 Å². The number of benzene rings is 2. The molecule has 26 nitrogen and oxygen atoms in total. The number of primary amides is 1. The van der Waals surface area contributed by atoms with Crippen molar-refractivity contribution in [3.63, 3.8) is 0 Å². The summed E-state index contributed by atoms with van der Waals surface area (Å²) in [6.45, 7) is 22.0. The van der Waals surface area contributed by atoms with Gasteiger partial charge in [0.2, 0.25) is 29.5 Å². The molecule has 1 heterocycles. The fraction of sp³-hybridized carbons (Fsp3) is 0.714. The number of likely N-dealkylation sites (N-methyl/N-ethyl adjacent to an activating group) is 2. The normalized spacial score (nSPS) is 16.8. The number of ether oxygens (including phenoxy) is 7. The summed E-state index contributed by atoms with van der Waals surface area (Å²) in [7, 11) is 6.54. The van der Waals surface area contributed by atoms with Crippen molar-refractivity contribution in [3.05, 3.63) is 71.3 Å². The second-order valence-electron chi connectivity index (χ2n) is 26.2. The number of hydrogen-bond acceptors (Lipinski definition) is 19. The number of Topliss-reactive ketones (excluding diaryl/α,β-unsaturated/α-hetero) is 2. The number of nitrogens with two attached hydrogens (primary N) is 2. The van der Waals surface area contributed by atoms with Gasteiger partial charge in [-0.15, -0.1) is 0 Å². The molecule has 7 amide bonds. The monoisotopic (exact) mass is 1360 g/mol. The Morgan fingerprint density at radius 1 is 0.698 bits per heavy atom. The molecule has 0 spiro atoms. The predicted octanol–water partition coefficient (Wildman–Crippen LogP) is 4.65. The molecule has 26 heteroatoms. The van der Waals surface area contributed by atoms with Gasteiger partial charge in [0.15, 0.2) is 11.6 Å². The molecule has 1 aliphatic heterocycles. The van der Waals surface area contributed by atoms with Gasteiger partial charge < -0.3 is 79.9 Å². The van der Waals surface area contributed by atoms with Crippen LogP contribution in [0.2, 0.25) is 0 Å². The Hall–Kier alpha value is -6.04. The van der Waals surface area contributed by atoms with E-state index in [0.29, 0.717) is 83.0 Å². The summed E-state index contributed by atoms with van der Waals surface area (Å²) in [5.74, 6) is 0.495. The smallest absolute Gasteiger partial charge is 0.312 e. The first-order valence-corrected chi connectivity index (χ1v) is 34.0. The van der Waals surface area contributed by atoms with Gasteiger partial charge in [-0.3, -0.25) is 38.5 Å². The molecular weight excluding hydrogens is 1240 g/mol. The van der Waals surface area contributed by atoms with Crippen LogP contribution in [0.5, 0.6) is 0 Å².